The summed E-state index contributed by atoms with van der Waals surface area (Å²) in [6, 6.07) is 32.4. The van der Waals surface area contributed by atoms with Gasteiger partial charge in [0.05, 0.1) is 0 Å². The number of hydrogen-bond acceptors (Lipinski definition) is 3. The number of aromatic nitrogens is 1. The van der Waals surface area contributed by atoms with Gasteiger partial charge in [0.1, 0.15) is 15.9 Å². The maximum atomic E-state index is 6.17. The van der Waals surface area contributed by atoms with Crippen LogP contribution in [-0.4, -0.2) is 10.7 Å². The lowest BCUT2D eigenvalue weighted by Gasteiger charge is -2.25. The van der Waals surface area contributed by atoms with Crippen molar-refractivity contribution in [2.24, 2.45) is 0 Å². The average molecular weight is 546 g/mol. The fraction of sp³-hybridized carbons (Fsp3) is 0.160. The molecule has 0 spiro atoms. The van der Waals surface area contributed by atoms with Gasteiger partial charge in [-0.3, -0.25) is 0 Å². The lowest BCUT2D eigenvalue weighted by molar-refractivity contribution is 0.444. The molecule has 2 nitrogen and oxygen atoms in total. The zero-order valence-corrected chi connectivity index (χ0v) is 21.2. The van der Waals surface area contributed by atoms with E-state index in [2.05, 4.69) is 97.9 Å². The van der Waals surface area contributed by atoms with Gasteiger partial charge < -0.3 is 4.42 Å². The molecule has 0 aliphatic rings. The Hall–Kier alpha value is -1.62. The van der Waals surface area contributed by atoms with Crippen LogP contribution in [0.4, 0.5) is 0 Å². The molecule has 1 heterocycles. The van der Waals surface area contributed by atoms with Crippen LogP contribution in [0.1, 0.15) is 19.2 Å². The molecule has 3 aromatic carbocycles. The van der Waals surface area contributed by atoms with Crippen molar-refractivity contribution < 1.29 is 4.42 Å². The Morgan fingerprint density at radius 1 is 0.767 bits per heavy atom. The molecule has 0 aliphatic heterocycles. The minimum absolute atomic E-state index is 0. The normalized spacial score (nSPS) is 11.1. The largest absolute Gasteiger partial charge is 0.430 e. The number of thioether (sulfide) groups is 1. The number of hydrogen-bond donors (Lipinski definition) is 0. The molecule has 0 radical (unpaired) electrons. The third kappa shape index (κ3) is 4.37. The van der Waals surface area contributed by atoms with Crippen LogP contribution in [0, 0.1) is 6.92 Å². The molecule has 1 aromatic heterocycles. The first-order chi connectivity index (χ1) is 14.3. The number of halogens is 1. The lowest BCUT2D eigenvalue weighted by Crippen LogP contribution is -2.40. The Bertz CT molecular complexity index is 958. The van der Waals surface area contributed by atoms with Gasteiger partial charge >= 0.3 is 0 Å². The number of benzene rings is 3. The van der Waals surface area contributed by atoms with E-state index < -0.39 is 7.26 Å². The van der Waals surface area contributed by atoms with E-state index in [1.807, 2.05) is 6.92 Å². The average Bonchev–Trinajstić information content (AvgIpc) is 3.16. The molecule has 0 aliphatic carbocycles. The molecule has 4 aromatic rings. The topological polar surface area (TPSA) is 26.0 Å². The van der Waals surface area contributed by atoms with Crippen molar-refractivity contribution in [1.29, 1.82) is 0 Å². The highest BCUT2D eigenvalue weighted by atomic mass is 127. The second-order valence-corrected chi connectivity index (χ2v) is 11.3. The third-order valence-electron chi connectivity index (χ3n) is 4.87. The molecule has 0 unspecified atom stereocenters. The first kappa shape index (κ1) is 23.1. The standard InChI is InChI=1S/C25H25NOPS.HI/c1-3-19-29-25-24(26-20(2)27-25)28(21-13-7-4-8-14-21,22-15-9-5-10-16-22)23-17-11-6-12-18-23;/h4-18H,3,19H2,1-2H3;1H/q+1;. The molecule has 0 amide bonds. The van der Waals surface area contributed by atoms with Crippen LogP contribution in [-0.2, 0) is 0 Å². The Morgan fingerprint density at radius 2 is 1.20 bits per heavy atom. The monoisotopic (exact) mass is 546 g/mol. The molecule has 0 fully saturated rings. The van der Waals surface area contributed by atoms with Crippen LogP contribution in [0.15, 0.2) is 101 Å². The summed E-state index contributed by atoms with van der Waals surface area (Å²) in [6.07, 6.45) is 1.09. The van der Waals surface area contributed by atoms with E-state index >= 15 is 0 Å². The quantitative estimate of drug-likeness (QED) is 0.169. The molecule has 0 N–H and O–H groups in total. The molecule has 4 rings (SSSR count). The molecule has 0 bridgehead atoms. The van der Waals surface area contributed by atoms with Crippen LogP contribution < -0.4 is 21.3 Å². The number of nitrogens with zero attached hydrogens (tertiary/aromatic N) is 1. The van der Waals surface area contributed by atoms with Crippen molar-refractivity contribution in [3.05, 3.63) is 96.9 Å². The summed E-state index contributed by atoms with van der Waals surface area (Å²) in [6.45, 7) is 4.15. The van der Waals surface area contributed by atoms with Crippen molar-refractivity contribution in [1.82, 2.24) is 4.98 Å². The van der Waals surface area contributed by atoms with Gasteiger partial charge in [-0.15, -0.1) is 24.0 Å². The summed E-state index contributed by atoms with van der Waals surface area (Å²) in [7, 11) is -2.19. The van der Waals surface area contributed by atoms with Gasteiger partial charge in [-0.05, 0) is 42.8 Å². The van der Waals surface area contributed by atoms with Gasteiger partial charge in [0.15, 0.2) is 13.2 Å². The van der Waals surface area contributed by atoms with Crippen LogP contribution in [0.3, 0.4) is 0 Å². The zero-order valence-electron chi connectivity index (χ0n) is 17.2. The van der Waals surface area contributed by atoms with Crippen molar-refractivity contribution in [3.8, 4) is 0 Å². The smallest absolute Gasteiger partial charge is 0.250 e. The fourth-order valence-corrected chi connectivity index (χ4v) is 9.11. The van der Waals surface area contributed by atoms with E-state index in [0.717, 1.165) is 28.6 Å². The van der Waals surface area contributed by atoms with Gasteiger partial charge in [0, 0.05) is 12.7 Å². The van der Waals surface area contributed by atoms with E-state index in [9.17, 15) is 0 Å². The minimum atomic E-state index is -2.19. The molecule has 5 heteroatoms. The van der Waals surface area contributed by atoms with E-state index in [1.54, 1.807) is 11.8 Å². The number of rotatable bonds is 7. The van der Waals surface area contributed by atoms with Crippen molar-refractivity contribution in [2.45, 2.75) is 25.4 Å². The number of aryl methyl sites for hydroxylation is 1. The van der Waals surface area contributed by atoms with Gasteiger partial charge in [-0.25, -0.2) is 0 Å². The first-order valence-electron chi connectivity index (χ1n) is 9.93. The Balaban J connectivity index is 0.00000256. The second-order valence-electron chi connectivity index (χ2n) is 6.87. The number of oxazole rings is 1. The maximum absolute atomic E-state index is 6.17. The fourth-order valence-electron chi connectivity index (χ4n) is 3.67. The van der Waals surface area contributed by atoms with Gasteiger partial charge in [-0.2, -0.15) is 4.98 Å². The van der Waals surface area contributed by atoms with Gasteiger partial charge in [-0.1, -0.05) is 73.3 Å². The predicted octanol–water partition coefficient (Wildman–Crippen LogP) is 5.72. The SMILES string of the molecule is CCCSc1oc(C)nc1[P+](c1ccccc1)(c1ccccc1)c1ccccc1.I. The van der Waals surface area contributed by atoms with E-state index in [4.69, 9.17) is 9.40 Å². The van der Waals surface area contributed by atoms with Crippen LogP contribution in [0.5, 0.6) is 0 Å². The molecular weight excluding hydrogens is 520 g/mol. The molecule has 0 atom stereocenters. The highest BCUT2D eigenvalue weighted by molar-refractivity contribution is 14.0. The molecule has 154 valence electrons. The van der Waals surface area contributed by atoms with Crippen molar-refractivity contribution >= 4 is 64.3 Å². The highest BCUT2D eigenvalue weighted by Gasteiger charge is 2.52. The zero-order chi connectivity index (χ0) is 20.1. The predicted molar refractivity (Wildman–Crippen MR) is 142 cm³/mol. The van der Waals surface area contributed by atoms with Crippen LogP contribution in [0.25, 0.3) is 0 Å². The summed E-state index contributed by atoms with van der Waals surface area (Å²) in [5.41, 5.74) is 1.08. The molecular formula is C25H26INOPS+. The summed E-state index contributed by atoms with van der Waals surface area (Å²) in [4.78, 5) is 5.03. The summed E-state index contributed by atoms with van der Waals surface area (Å²) in [5.74, 6) is 1.74. The van der Waals surface area contributed by atoms with E-state index in [1.165, 1.54) is 15.9 Å². The maximum Gasteiger partial charge on any atom is 0.250 e. The van der Waals surface area contributed by atoms with Crippen molar-refractivity contribution in [2.75, 3.05) is 5.75 Å². The Morgan fingerprint density at radius 3 is 1.60 bits per heavy atom. The Labute approximate surface area is 200 Å². The second kappa shape index (κ2) is 10.6. The van der Waals surface area contributed by atoms with Gasteiger partial charge in [0.25, 0.3) is 5.44 Å². The van der Waals surface area contributed by atoms with E-state index in [-0.39, 0.29) is 24.0 Å². The van der Waals surface area contributed by atoms with Crippen molar-refractivity contribution in [3.63, 3.8) is 0 Å². The lowest BCUT2D eigenvalue weighted by atomic mass is 10.4. The van der Waals surface area contributed by atoms with Crippen LogP contribution in [0.2, 0.25) is 0 Å². The molecule has 30 heavy (non-hydrogen) atoms. The summed E-state index contributed by atoms with van der Waals surface area (Å²) in [5, 5.41) is 4.84. The minimum Gasteiger partial charge on any atom is -0.430 e. The highest BCUT2D eigenvalue weighted by Crippen LogP contribution is 2.55. The molecule has 0 saturated carbocycles. The summed E-state index contributed by atoms with van der Waals surface area (Å²) < 4.78 is 6.17. The first-order valence-corrected chi connectivity index (χ1v) is 12.7. The molecule has 0 saturated heterocycles. The van der Waals surface area contributed by atoms with E-state index in [0.29, 0.717) is 0 Å². The third-order valence-corrected chi connectivity index (χ3v) is 10.3. The summed E-state index contributed by atoms with van der Waals surface area (Å²) >= 11 is 1.78. The Kier molecular flexibility index (Phi) is 8.15. The van der Waals surface area contributed by atoms with Crippen LogP contribution >= 0.6 is 43.0 Å². The van der Waals surface area contributed by atoms with Gasteiger partial charge in [0.2, 0.25) is 5.09 Å².